The number of anilines is 1. The standard InChI is InChI=1S/C9H11N5S/c1-6-5-7(10)13-14(6)8-3-4-11-9(12-8)15-2/h3-5H,1-2H3,(H2,10,13). The Kier molecular flexibility index (Phi) is 2.59. The lowest BCUT2D eigenvalue weighted by molar-refractivity contribution is 0.788. The molecule has 0 unspecified atom stereocenters. The van der Waals surface area contributed by atoms with Crippen LogP contribution in [0.5, 0.6) is 0 Å². The van der Waals surface area contributed by atoms with Crippen LogP contribution in [0.15, 0.2) is 23.5 Å². The highest BCUT2D eigenvalue weighted by atomic mass is 32.2. The number of hydrogen-bond acceptors (Lipinski definition) is 5. The van der Waals surface area contributed by atoms with Gasteiger partial charge in [-0.15, -0.1) is 5.10 Å². The Labute approximate surface area is 91.7 Å². The topological polar surface area (TPSA) is 69.6 Å². The molecule has 0 amide bonds. The summed E-state index contributed by atoms with van der Waals surface area (Å²) in [6.07, 6.45) is 3.65. The maximum Gasteiger partial charge on any atom is 0.189 e. The number of aromatic nitrogens is 4. The smallest absolute Gasteiger partial charge is 0.189 e. The van der Waals surface area contributed by atoms with Crippen LogP contribution >= 0.6 is 11.8 Å². The Hall–Kier alpha value is -1.56. The van der Waals surface area contributed by atoms with E-state index in [9.17, 15) is 0 Å². The van der Waals surface area contributed by atoms with E-state index in [0.29, 0.717) is 5.82 Å². The number of aryl methyl sites for hydroxylation is 1. The van der Waals surface area contributed by atoms with Gasteiger partial charge < -0.3 is 5.73 Å². The van der Waals surface area contributed by atoms with Crippen molar-refractivity contribution in [2.24, 2.45) is 0 Å². The Morgan fingerprint density at radius 1 is 1.47 bits per heavy atom. The molecule has 2 aromatic heterocycles. The molecule has 5 nitrogen and oxygen atoms in total. The van der Waals surface area contributed by atoms with E-state index in [1.807, 2.05) is 13.2 Å². The summed E-state index contributed by atoms with van der Waals surface area (Å²) in [4.78, 5) is 8.43. The monoisotopic (exact) mass is 221 g/mol. The lowest BCUT2D eigenvalue weighted by atomic mass is 10.4. The first-order chi connectivity index (χ1) is 7.20. The fourth-order valence-corrected chi connectivity index (χ4v) is 1.63. The van der Waals surface area contributed by atoms with Crippen LogP contribution < -0.4 is 5.73 Å². The van der Waals surface area contributed by atoms with Gasteiger partial charge in [0, 0.05) is 24.0 Å². The van der Waals surface area contributed by atoms with E-state index in [1.54, 1.807) is 23.0 Å². The van der Waals surface area contributed by atoms with Crippen molar-refractivity contribution in [3.05, 3.63) is 24.0 Å². The third-order valence-electron chi connectivity index (χ3n) is 1.92. The molecule has 0 saturated heterocycles. The van der Waals surface area contributed by atoms with Gasteiger partial charge >= 0.3 is 0 Å². The maximum atomic E-state index is 5.61. The molecule has 0 aliphatic rings. The molecular formula is C9H11N5S. The minimum Gasteiger partial charge on any atom is -0.382 e. The van der Waals surface area contributed by atoms with E-state index in [0.717, 1.165) is 16.7 Å². The van der Waals surface area contributed by atoms with Crippen molar-refractivity contribution in [1.29, 1.82) is 0 Å². The van der Waals surface area contributed by atoms with Gasteiger partial charge in [-0.3, -0.25) is 0 Å². The molecule has 0 fully saturated rings. The van der Waals surface area contributed by atoms with Crippen molar-refractivity contribution in [2.45, 2.75) is 12.1 Å². The van der Waals surface area contributed by atoms with E-state index in [-0.39, 0.29) is 0 Å². The van der Waals surface area contributed by atoms with Crippen molar-refractivity contribution in [2.75, 3.05) is 12.0 Å². The van der Waals surface area contributed by atoms with Crippen LogP contribution in [0.25, 0.3) is 5.82 Å². The fourth-order valence-electron chi connectivity index (χ4n) is 1.28. The zero-order valence-corrected chi connectivity index (χ0v) is 9.32. The van der Waals surface area contributed by atoms with E-state index in [2.05, 4.69) is 15.1 Å². The number of thioether (sulfide) groups is 1. The van der Waals surface area contributed by atoms with Crippen molar-refractivity contribution in [1.82, 2.24) is 19.7 Å². The average Bonchev–Trinajstić information content (AvgIpc) is 2.58. The first-order valence-corrected chi connectivity index (χ1v) is 5.62. The minimum absolute atomic E-state index is 0.497. The molecule has 2 rings (SSSR count). The number of nitrogens with zero attached hydrogens (tertiary/aromatic N) is 4. The van der Waals surface area contributed by atoms with Gasteiger partial charge in [0.1, 0.15) is 5.82 Å². The van der Waals surface area contributed by atoms with Crippen molar-refractivity contribution in [3.8, 4) is 5.82 Å². The van der Waals surface area contributed by atoms with Gasteiger partial charge in [-0.1, -0.05) is 11.8 Å². The summed E-state index contributed by atoms with van der Waals surface area (Å²) >= 11 is 1.50. The summed E-state index contributed by atoms with van der Waals surface area (Å²) in [5.41, 5.74) is 6.56. The third kappa shape index (κ3) is 1.94. The van der Waals surface area contributed by atoms with Gasteiger partial charge in [0.15, 0.2) is 11.0 Å². The highest BCUT2D eigenvalue weighted by Gasteiger charge is 2.05. The second-order valence-electron chi connectivity index (χ2n) is 3.02. The summed E-state index contributed by atoms with van der Waals surface area (Å²) < 4.78 is 1.71. The van der Waals surface area contributed by atoms with Crippen molar-refractivity contribution < 1.29 is 0 Å². The van der Waals surface area contributed by atoms with Crippen molar-refractivity contribution >= 4 is 17.6 Å². The average molecular weight is 221 g/mol. The van der Waals surface area contributed by atoms with E-state index in [1.165, 1.54) is 11.8 Å². The fraction of sp³-hybridized carbons (Fsp3) is 0.222. The normalized spacial score (nSPS) is 10.5. The number of hydrogen-bond donors (Lipinski definition) is 1. The largest absolute Gasteiger partial charge is 0.382 e. The molecule has 15 heavy (non-hydrogen) atoms. The molecule has 0 bridgehead atoms. The molecule has 0 aliphatic carbocycles. The van der Waals surface area contributed by atoms with Gasteiger partial charge in [0.2, 0.25) is 0 Å². The highest BCUT2D eigenvalue weighted by molar-refractivity contribution is 7.98. The van der Waals surface area contributed by atoms with Crippen LogP contribution in [0.1, 0.15) is 5.69 Å². The molecule has 0 spiro atoms. The quantitative estimate of drug-likeness (QED) is 0.611. The molecule has 2 heterocycles. The summed E-state index contributed by atoms with van der Waals surface area (Å²) in [5.74, 6) is 1.24. The van der Waals surface area contributed by atoms with Gasteiger partial charge in [0.25, 0.3) is 0 Å². The van der Waals surface area contributed by atoms with Crippen LogP contribution in [0.3, 0.4) is 0 Å². The molecule has 6 heteroatoms. The maximum absolute atomic E-state index is 5.61. The van der Waals surface area contributed by atoms with Crippen molar-refractivity contribution in [3.63, 3.8) is 0 Å². The van der Waals surface area contributed by atoms with Gasteiger partial charge in [-0.25, -0.2) is 14.6 Å². The second kappa shape index (κ2) is 3.90. The first kappa shape index (κ1) is 9.97. The molecule has 0 radical (unpaired) electrons. The van der Waals surface area contributed by atoms with Gasteiger partial charge in [-0.05, 0) is 13.2 Å². The minimum atomic E-state index is 0.497. The predicted molar refractivity (Wildman–Crippen MR) is 60.1 cm³/mol. The summed E-state index contributed by atoms with van der Waals surface area (Å²) in [7, 11) is 0. The van der Waals surface area contributed by atoms with E-state index < -0.39 is 0 Å². The SMILES string of the molecule is CSc1nccc(-n2nc(N)cc2C)n1. The molecule has 2 aromatic rings. The molecular weight excluding hydrogens is 210 g/mol. The lowest BCUT2D eigenvalue weighted by Crippen LogP contribution is -2.03. The lowest BCUT2D eigenvalue weighted by Gasteiger charge is -2.03. The highest BCUT2D eigenvalue weighted by Crippen LogP contribution is 2.13. The summed E-state index contributed by atoms with van der Waals surface area (Å²) in [6, 6.07) is 3.61. The molecule has 78 valence electrons. The molecule has 0 saturated carbocycles. The Morgan fingerprint density at radius 3 is 2.87 bits per heavy atom. The Balaban J connectivity index is 2.49. The van der Waals surface area contributed by atoms with Crippen LogP contribution in [0.4, 0.5) is 5.82 Å². The molecule has 0 aromatic carbocycles. The van der Waals surface area contributed by atoms with Gasteiger partial charge in [0.05, 0.1) is 0 Å². The van der Waals surface area contributed by atoms with Crippen LogP contribution in [0, 0.1) is 6.92 Å². The van der Waals surface area contributed by atoms with E-state index >= 15 is 0 Å². The third-order valence-corrected chi connectivity index (χ3v) is 2.49. The van der Waals surface area contributed by atoms with E-state index in [4.69, 9.17) is 5.73 Å². The Bertz CT molecular complexity index is 479. The number of nitrogen functional groups attached to an aromatic ring is 1. The number of rotatable bonds is 2. The zero-order valence-electron chi connectivity index (χ0n) is 8.51. The zero-order chi connectivity index (χ0) is 10.8. The molecule has 0 atom stereocenters. The van der Waals surface area contributed by atoms with Crippen LogP contribution in [-0.4, -0.2) is 26.0 Å². The summed E-state index contributed by atoms with van der Waals surface area (Å²) in [6.45, 7) is 1.93. The van der Waals surface area contributed by atoms with Gasteiger partial charge in [-0.2, -0.15) is 0 Å². The van der Waals surface area contributed by atoms with Crippen LogP contribution in [0.2, 0.25) is 0 Å². The van der Waals surface area contributed by atoms with Crippen LogP contribution in [-0.2, 0) is 0 Å². The first-order valence-electron chi connectivity index (χ1n) is 4.40. The molecule has 0 aliphatic heterocycles. The predicted octanol–water partition coefficient (Wildman–Crippen LogP) is 1.27. The molecule has 2 N–H and O–H groups in total. The number of nitrogens with two attached hydrogens (primary N) is 1. The second-order valence-corrected chi connectivity index (χ2v) is 3.80. The summed E-state index contributed by atoms with van der Waals surface area (Å²) in [5, 5.41) is 4.87. The Morgan fingerprint density at radius 2 is 2.27 bits per heavy atom.